The number of nitrogens with zero attached hydrogens (tertiary/aromatic N) is 2. The van der Waals surface area contributed by atoms with E-state index in [0.717, 1.165) is 0 Å². The number of hydrogen-bond donors (Lipinski definition) is 5. The Morgan fingerprint density at radius 2 is 1.69 bits per heavy atom. The molecule has 29 heavy (non-hydrogen) atoms. The van der Waals surface area contributed by atoms with Crippen LogP contribution in [-0.4, -0.2) is 78.9 Å². The van der Waals surface area contributed by atoms with Gasteiger partial charge in [-0.15, -0.1) is 0 Å². The first kappa shape index (κ1) is 23.4. The van der Waals surface area contributed by atoms with Gasteiger partial charge in [-0.3, -0.25) is 0 Å². The van der Waals surface area contributed by atoms with Crippen LogP contribution in [0.1, 0.15) is 10.4 Å². The molecule has 0 aliphatic heterocycles. The number of aliphatic hydroxyl groups is 2. The summed E-state index contributed by atoms with van der Waals surface area (Å²) in [6, 6.07) is 4.52. The van der Waals surface area contributed by atoms with Crippen molar-refractivity contribution >= 4 is 17.9 Å². The third-order valence-electron chi connectivity index (χ3n) is 3.38. The summed E-state index contributed by atoms with van der Waals surface area (Å²) < 4.78 is 12.6. The number of imidazole rings is 1. The number of ether oxygens (including phenoxy) is 2. The summed E-state index contributed by atoms with van der Waals surface area (Å²) in [6.07, 6.45) is 0.708. The Morgan fingerprint density at radius 3 is 2.14 bits per heavy atom. The molecule has 2 unspecified atom stereocenters. The highest BCUT2D eigenvalue weighted by Crippen LogP contribution is 2.28. The minimum atomic E-state index is -2.27. The number of hydrogen-bond acceptors (Lipinski definition) is 8. The predicted molar refractivity (Wildman–Crippen MR) is 95.0 cm³/mol. The lowest BCUT2D eigenvalue weighted by Crippen LogP contribution is -2.39. The molecule has 12 heteroatoms. The van der Waals surface area contributed by atoms with Gasteiger partial charge in [-0.2, -0.15) is 0 Å². The summed E-state index contributed by atoms with van der Waals surface area (Å²) in [7, 11) is 1.48. The van der Waals surface area contributed by atoms with Gasteiger partial charge in [0.05, 0.1) is 25.5 Å². The Hall–Kier alpha value is -3.64. The Balaban J connectivity index is 0.000000359. The van der Waals surface area contributed by atoms with E-state index in [1.165, 1.54) is 19.2 Å². The largest absolute Gasteiger partial charge is 0.493 e. The van der Waals surface area contributed by atoms with Crippen molar-refractivity contribution in [2.24, 2.45) is 0 Å². The molecule has 2 atom stereocenters. The van der Waals surface area contributed by atoms with Crippen LogP contribution in [0.2, 0.25) is 0 Å². The van der Waals surface area contributed by atoms with Crippen molar-refractivity contribution in [3.63, 3.8) is 0 Å². The average molecular weight is 412 g/mol. The highest BCUT2D eigenvalue weighted by molar-refractivity contribution is 5.88. The van der Waals surface area contributed by atoms with Crippen molar-refractivity contribution in [1.29, 1.82) is 0 Å². The van der Waals surface area contributed by atoms with Crippen molar-refractivity contribution in [3.05, 3.63) is 42.5 Å². The molecule has 0 bridgehead atoms. The van der Waals surface area contributed by atoms with Crippen molar-refractivity contribution < 1.29 is 49.4 Å². The van der Waals surface area contributed by atoms with Crippen molar-refractivity contribution in [1.82, 2.24) is 9.55 Å². The van der Waals surface area contributed by atoms with Crippen molar-refractivity contribution in [2.45, 2.75) is 18.8 Å². The van der Waals surface area contributed by atoms with Gasteiger partial charge >= 0.3 is 17.9 Å². The van der Waals surface area contributed by atoms with Crippen LogP contribution in [0, 0.1) is 0 Å². The first-order valence-corrected chi connectivity index (χ1v) is 7.99. The third kappa shape index (κ3) is 7.48. The fraction of sp³-hybridized carbons (Fsp3) is 0.294. The minimum absolute atomic E-state index is 0.166. The number of benzene rings is 1. The van der Waals surface area contributed by atoms with Gasteiger partial charge in [-0.25, -0.2) is 19.4 Å². The van der Waals surface area contributed by atoms with E-state index < -0.39 is 30.1 Å². The van der Waals surface area contributed by atoms with Gasteiger partial charge in [0.15, 0.2) is 23.7 Å². The van der Waals surface area contributed by atoms with Crippen LogP contribution >= 0.6 is 0 Å². The number of carboxylic acid groups (broad SMARTS) is 3. The van der Waals surface area contributed by atoms with Gasteiger partial charge < -0.3 is 39.6 Å². The monoisotopic (exact) mass is 412 g/mol. The van der Waals surface area contributed by atoms with E-state index in [0.29, 0.717) is 24.7 Å². The third-order valence-corrected chi connectivity index (χ3v) is 3.38. The van der Waals surface area contributed by atoms with Crippen LogP contribution in [0.5, 0.6) is 11.5 Å². The maximum Gasteiger partial charge on any atom is 0.335 e. The van der Waals surface area contributed by atoms with Crippen LogP contribution in [-0.2, 0) is 16.1 Å². The molecule has 0 aliphatic rings. The van der Waals surface area contributed by atoms with Crippen LogP contribution in [0.4, 0.5) is 0 Å². The van der Waals surface area contributed by atoms with E-state index in [9.17, 15) is 14.4 Å². The molecule has 0 aliphatic carbocycles. The number of aliphatic carboxylic acids is 2. The number of carbonyl (C=O) groups is 3. The number of methoxy groups -OCH3 is 1. The first-order valence-electron chi connectivity index (χ1n) is 7.99. The predicted octanol–water partition coefficient (Wildman–Crippen LogP) is -0.454. The van der Waals surface area contributed by atoms with E-state index in [1.807, 2.05) is 10.8 Å². The van der Waals surface area contributed by atoms with Crippen molar-refractivity contribution in [2.75, 3.05) is 13.7 Å². The highest BCUT2D eigenvalue weighted by atomic mass is 16.5. The summed E-state index contributed by atoms with van der Waals surface area (Å²) >= 11 is 0. The van der Waals surface area contributed by atoms with Gasteiger partial charge in [0.1, 0.15) is 6.61 Å². The molecule has 1 aromatic heterocycles. The van der Waals surface area contributed by atoms with Crippen LogP contribution in [0.15, 0.2) is 36.9 Å². The lowest BCUT2D eigenvalue weighted by molar-refractivity contribution is -0.165. The molecule has 0 saturated heterocycles. The zero-order chi connectivity index (χ0) is 22.0. The molecule has 158 valence electrons. The topological polar surface area (TPSA) is 189 Å². The molecular weight excluding hydrogens is 392 g/mol. The molecule has 5 N–H and O–H groups in total. The van der Waals surface area contributed by atoms with E-state index >= 15 is 0 Å². The number of aliphatic hydroxyl groups excluding tert-OH is 2. The highest BCUT2D eigenvalue weighted by Gasteiger charge is 2.29. The molecule has 12 nitrogen and oxygen atoms in total. The first-order chi connectivity index (χ1) is 13.7. The van der Waals surface area contributed by atoms with Gasteiger partial charge in [0, 0.05) is 12.4 Å². The molecule has 2 aromatic rings. The average Bonchev–Trinajstić information content (AvgIpc) is 3.20. The zero-order valence-corrected chi connectivity index (χ0v) is 15.2. The number of aromatic nitrogens is 2. The molecule has 1 aromatic carbocycles. The Labute approximate surface area is 164 Å². The fourth-order valence-electron chi connectivity index (χ4n) is 1.87. The van der Waals surface area contributed by atoms with Crippen LogP contribution in [0.3, 0.4) is 0 Å². The summed E-state index contributed by atoms with van der Waals surface area (Å²) in [5, 5.41) is 41.4. The van der Waals surface area contributed by atoms with Crippen LogP contribution < -0.4 is 9.47 Å². The van der Waals surface area contributed by atoms with Gasteiger partial charge in [-0.1, -0.05) is 0 Å². The summed E-state index contributed by atoms with van der Waals surface area (Å²) in [5.41, 5.74) is 0.166. The lowest BCUT2D eigenvalue weighted by Gasteiger charge is -2.11. The van der Waals surface area contributed by atoms with Gasteiger partial charge in [0.25, 0.3) is 0 Å². The quantitative estimate of drug-likeness (QED) is 0.358. The summed E-state index contributed by atoms with van der Waals surface area (Å²) in [5.74, 6) is -3.61. The van der Waals surface area contributed by atoms with E-state index in [1.54, 1.807) is 18.6 Å². The van der Waals surface area contributed by atoms with Crippen molar-refractivity contribution in [3.8, 4) is 11.5 Å². The SMILES string of the molecule is COc1cc(C(=O)O)ccc1OCCn1ccnc1.O=C(O)C(O)C(O)C(=O)O. The smallest absolute Gasteiger partial charge is 0.335 e. The summed E-state index contributed by atoms with van der Waals surface area (Å²) in [4.78, 5) is 34.3. The summed E-state index contributed by atoms with van der Waals surface area (Å²) in [6.45, 7) is 1.10. The Morgan fingerprint density at radius 1 is 1.07 bits per heavy atom. The van der Waals surface area contributed by atoms with Gasteiger partial charge in [0.2, 0.25) is 0 Å². The number of aromatic carboxylic acids is 1. The second kappa shape index (κ2) is 11.3. The molecule has 1 heterocycles. The molecular formula is C17H20N2O10. The Kier molecular flexibility index (Phi) is 9.08. The molecule has 2 rings (SSSR count). The molecule has 0 fully saturated rings. The molecule has 0 amide bonds. The maximum atomic E-state index is 10.8. The fourth-order valence-corrected chi connectivity index (χ4v) is 1.87. The van der Waals surface area contributed by atoms with Crippen LogP contribution in [0.25, 0.3) is 0 Å². The molecule has 0 radical (unpaired) electrons. The van der Waals surface area contributed by atoms with Gasteiger partial charge in [-0.05, 0) is 18.2 Å². The normalized spacial score (nSPS) is 12.1. The number of rotatable bonds is 9. The second-order valence-corrected chi connectivity index (χ2v) is 5.39. The molecule has 0 spiro atoms. The zero-order valence-electron chi connectivity index (χ0n) is 15.2. The maximum absolute atomic E-state index is 10.8. The lowest BCUT2D eigenvalue weighted by atomic mass is 10.2. The second-order valence-electron chi connectivity index (χ2n) is 5.39. The van der Waals surface area contributed by atoms with E-state index in [4.69, 9.17) is 35.0 Å². The number of carboxylic acids is 3. The minimum Gasteiger partial charge on any atom is -0.493 e. The standard InChI is InChI=1S/C13H14N2O4.C4H6O6/c1-18-12-8-10(13(16)17)2-3-11(12)19-7-6-15-5-4-14-9-15;5-1(3(7)8)2(6)4(9)10/h2-5,8-9H,6-7H2,1H3,(H,16,17);1-2,5-6H,(H,7,8)(H,9,10). The molecule has 0 saturated carbocycles. The van der Waals surface area contributed by atoms with E-state index in [2.05, 4.69) is 4.98 Å². The Bertz CT molecular complexity index is 804. The van der Waals surface area contributed by atoms with E-state index in [-0.39, 0.29) is 5.56 Å².